The lowest BCUT2D eigenvalue weighted by atomic mass is 10.1. The maximum absolute atomic E-state index is 12.4. The fraction of sp³-hybridized carbons (Fsp3) is 0.150. The van der Waals surface area contributed by atoms with Crippen LogP contribution in [-0.2, 0) is 10.0 Å². The van der Waals surface area contributed by atoms with E-state index < -0.39 is 15.9 Å². The average molecular weight is 432 g/mol. The van der Waals surface area contributed by atoms with Crippen LogP contribution in [0.1, 0.15) is 22.8 Å². The van der Waals surface area contributed by atoms with Gasteiger partial charge in [0.25, 0.3) is 15.9 Å². The van der Waals surface area contributed by atoms with Gasteiger partial charge in [0.2, 0.25) is 5.88 Å². The molecule has 0 aliphatic carbocycles. The van der Waals surface area contributed by atoms with Gasteiger partial charge in [0, 0.05) is 6.07 Å². The summed E-state index contributed by atoms with van der Waals surface area (Å²) in [4.78, 5) is 21.0. The predicted molar refractivity (Wildman–Crippen MR) is 109 cm³/mol. The zero-order chi connectivity index (χ0) is 21.0. The van der Waals surface area contributed by atoms with Gasteiger partial charge in [-0.2, -0.15) is 0 Å². The highest BCUT2D eigenvalue weighted by Crippen LogP contribution is 2.24. The van der Waals surface area contributed by atoms with Crippen molar-refractivity contribution >= 4 is 27.5 Å². The lowest BCUT2D eigenvalue weighted by Crippen LogP contribution is -2.30. The summed E-state index contributed by atoms with van der Waals surface area (Å²) in [5, 5.41) is -0.135. The molecule has 2 aromatic heterocycles. The quantitative estimate of drug-likeness (QED) is 0.598. The van der Waals surface area contributed by atoms with Crippen molar-refractivity contribution in [2.45, 2.75) is 18.7 Å². The lowest BCUT2D eigenvalue weighted by molar-refractivity contribution is 0.0981. The van der Waals surface area contributed by atoms with E-state index in [0.29, 0.717) is 23.9 Å². The topological polar surface area (TPSA) is 98.2 Å². The molecule has 2 heterocycles. The molecule has 3 aromatic rings. The summed E-state index contributed by atoms with van der Waals surface area (Å²) in [6.45, 7) is 4.22. The van der Waals surface area contributed by atoms with Gasteiger partial charge in [-0.25, -0.2) is 23.1 Å². The maximum Gasteiger partial charge on any atom is 0.268 e. The lowest BCUT2D eigenvalue weighted by Gasteiger charge is -2.10. The first-order valence-electron chi connectivity index (χ1n) is 8.71. The van der Waals surface area contributed by atoms with E-state index in [2.05, 4.69) is 9.97 Å². The Hall–Kier alpha value is -2.97. The number of hydrogen-bond donors (Lipinski definition) is 1. The number of rotatable bonds is 6. The van der Waals surface area contributed by atoms with Crippen LogP contribution in [0.15, 0.2) is 59.5 Å². The maximum atomic E-state index is 12.4. The summed E-state index contributed by atoms with van der Waals surface area (Å²) < 4.78 is 32.1. The summed E-state index contributed by atoms with van der Waals surface area (Å²) in [6.07, 6.45) is 0. The molecule has 0 fully saturated rings. The number of halogens is 1. The molecule has 1 N–H and O–H groups in total. The minimum Gasteiger partial charge on any atom is -0.478 e. The Labute approximate surface area is 173 Å². The summed E-state index contributed by atoms with van der Waals surface area (Å²) in [6, 6.07) is 14.1. The van der Waals surface area contributed by atoms with Crippen molar-refractivity contribution in [1.82, 2.24) is 14.7 Å². The molecule has 9 heteroatoms. The van der Waals surface area contributed by atoms with Gasteiger partial charge in [-0.15, -0.1) is 0 Å². The molecule has 0 radical (unpaired) electrons. The van der Waals surface area contributed by atoms with Crippen LogP contribution in [0.4, 0.5) is 0 Å². The van der Waals surface area contributed by atoms with Crippen LogP contribution in [0.3, 0.4) is 0 Å². The van der Waals surface area contributed by atoms with E-state index in [1.807, 2.05) is 18.6 Å². The molecule has 7 nitrogen and oxygen atoms in total. The van der Waals surface area contributed by atoms with Crippen LogP contribution in [0.2, 0.25) is 5.15 Å². The molecule has 1 amide bonds. The number of aromatic nitrogens is 2. The summed E-state index contributed by atoms with van der Waals surface area (Å²) >= 11 is 6.16. The Bertz CT molecular complexity index is 1150. The van der Waals surface area contributed by atoms with Crippen molar-refractivity contribution in [1.29, 1.82) is 0 Å². The van der Waals surface area contributed by atoms with E-state index in [0.717, 1.165) is 5.56 Å². The Morgan fingerprint density at radius 2 is 1.79 bits per heavy atom. The molecule has 0 saturated carbocycles. The molecule has 0 unspecified atom stereocenters. The third kappa shape index (κ3) is 4.90. The van der Waals surface area contributed by atoms with E-state index in [4.69, 9.17) is 16.3 Å². The van der Waals surface area contributed by atoms with Crippen molar-refractivity contribution in [2.24, 2.45) is 0 Å². The van der Waals surface area contributed by atoms with Gasteiger partial charge in [-0.1, -0.05) is 29.8 Å². The molecule has 0 atom stereocenters. The van der Waals surface area contributed by atoms with Gasteiger partial charge >= 0.3 is 0 Å². The van der Waals surface area contributed by atoms with Crippen LogP contribution in [-0.4, -0.2) is 30.9 Å². The van der Waals surface area contributed by atoms with Gasteiger partial charge in [0.15, 0.2) is 0 Å². The number of hydrogen-bond acceptors (Lipinski definition) is 6. The standard InChI is InChI=1S/C20H18ClN3O4S/c1-3-28-18-12-13(2)11-17(22-18)16-10-9-15(19(21)23-16)20(25)24-29(26,27)14-7-5-4-6-8-14/h4-12H,3H2,1-2H3,(H,24,25). The monoisotopic (exact) mass is 431 g/mol. The molecular weight excluding hydrogens is 414 g/mol. The van der Waals surface area contributed by atoms with Crippen LogP contribution in [0, 0.1) is 6.92 Å². The SMILES string of the molecule is CCOc1cc(C)cc(-c2ccc(C(=O)NS(=O)(=O)c3ccccc3)c(Cl)n2)n1. The highest BCUT2D eigenvalue weighted by molar-refractivity contribution is 7.90. The number of nitrogens with one attached hydrogen (secondary N) is 1. The number of carbonyl (C=O) groups excluding carboxylic acids is 1. The molecule has 0 aliphatic heterocycles. The van der Waals surface area contributed by atoms with E-state index in [-0.39, 0.29) is 15.6 Å². The molecule has 1 aromatic carbocycles. The van der Waals surface area contributed by atoms with Gasteiger partial charge < -0.3 is 4.74 Å². The number of sulfonamides is 1. The Morgan fingerprint density at radius 1 is 1.07 bits per heavy atom. The number of amides is 1. The first-order chi connectivity index (χ1) is 13.8. The summed E-state index contributed by atoms with van der Waals surface area (Å²) in [5.41, 5.74) is 1.82. The minimum atomic E-state index is -4.02. The van der Waals surface area contributed by atoms with Crippen molar-refractivity contribution in [3.63, 3.8) is 0 Å². The summed E-state index contributed by atoms with van der Waals surface area (Å²) in [7, 11) is -4.02. The fourth-order valence-electron chi connectivity index (χ4n) is 2.57. The minimum absolute atomic E-state index is 0.0264. The largest absolute Gasteiger partial charge is 0.478 e. The number of pyridine rings is 2. The van der Waals surface area contributed by atoms with Crippen molar-refractivity contribution < 1.29 is 17.9 Å². The second-order valence-corrected chi connectivity index (χ2v) is 8.12. The average Bonchev–Trinajstić information content (AvgIpc) is 2.68. The number of benzene rings is 1. The second-order valence-electron chi connectivity index (χ2n) is 6.08. The zero-order valence-corrected chi connectivity index (χ0v) is 17.3. The van der Waals surface area contributed by atoms with E-state index in [1.54, 1.807) is 36.4 Å². The molecule has 150 valence electrons. The highest BCUT2D eigenvalue weighted by atomic mass is 35.5. The van der Waals surface area contributed by atoms with Crippen molar-refractivity contribution in [3.05, 3.63) is 70.9 Å². The number of nitrogens with zero attached hydrogens (tertiary/aromatic N) is 2. The van der Waals surface area contributed by atoms with Crippen LogP contribution >= 0.6 is 11.6 Å². The molecule has 0 aliphatic rings. The van der Waals surface area contributed by atoms with Gasteiger partial charge in [-0.3, -0.25) is 4.79 Å². The van der Waals surface area contributed by atoms with Crippen LogP contribution in [0.5, 0.6) is 5.88 Å². The van der Waals surface area contributed by atoms with Crippen molar-refractivity contribution in [3.8, 4) is 17.3 Å². The van der Waals surface area contributed by atoms with Gasteiger partial charge in [0.1, 0.15) is 5.15 Å². The number of ether oxygens (including phenoxy) is 1. The van der Waals surface area contributed by atoms with Crippen LogP contribution in [0.25, 0.3) is 11.4 Å². The summed E-state index contributed by atoms with van der Waals surface area (Å²) in [5.74, 6) is -0.415. The first kappa shape index (κ1) is 20.8. The molecule has 0 saturated heterocycles. The fourth-order valence-corrected chi connectivity index (χ4v) is 3.80. The normalized spacial score (nSPS) is 11.1. The first-order valence-corrected chi connectivity index (χ1v) is 10.6. The van der Waals surface area contributed by atoms with Gasteiger partial charge in [-0.05, 0) is 49.7 Å². The van der Waals surface area contributed by atoms with Gasteiger partial charge in [0.05, 0.1) is 28.5 Å². The van der Waals surface area contributed by atoms with Crippen molar-refractivity contribution in [2.75, 3.05) is 6.61 Å². The Morgan fingerprint density at radius 3 is 2.45 bits per heavy atom. The Balaban J connectivity index is 1.87. The highest BCUT2D eigenvalue weighted by Gasteiger charge is 2.21. The third-order valence-electron chi connectivity index (χ3n) is 3.87. The van der Waals surface area contributed by atoms with E-state index in [9.17, 15) is 13.2 Å². The number of aryl methyl sites for hydroxylation is 1. The van der Waals surface area contributed by atoms with E-state index in [1.165, 1.54) is 18.2 Å². The third-order valence-corrected chi connectivity index (χ3v) is 5.51. The molecule has 3 rings (SSSR count). The molecule has 0 spiro atoms. The zero-order valence-electron chi connectivity index (χ0n) is 15.7. The van der Waals surface area contributed by atoms with Crippen LogP contribution < -0.4 is 9.46 Å². The molecule has 29 heavy (non-hydrogen) atoms. The molecule has 0 bridgehead atoms. The Kier molecular flexibility index (Phi) is 6.14. The smallest absolute Gasteiger partial charge is 0.268 e. The van der Waals surface area contributed by atoms with E-state index >= 15 is 0 Å². The molecular formula is C20H18ClN3O4S. The number of carbonyl (C=O) groups is 1. The second kappa shape index (κ2) is 8.59. The predicted octanol–water partition coefficient (Wildman–Crippen LogP) is 3.62.